The minimum absolute atomic E-state index is 0.0687. The van der Waals surface area contributed by atoms with Crippen LogP contribution in [0.4, 0.5) is 23.3 Å². The van der Waals surface area contributed by atoms with Crippen LogP contribution in [-0.2, 0) is 0 Å². The van der Waals surface area contributed by atoms with Crippen LogP contribution in [0.3, 0.4) is 0 Å². The molecule has 14 heterocycles. The highest BCUT2D eigenvalue weighted by Crippen LogP contribution is 2.32. The Hall–Kier alpha value is -15.3. The first-order valence-corrected chi connectivity index (χ1v) is 38.4. The predicted octanol–water partition coefficient (Wildman–Crippen LogP) is 13.2. The molecule has 0 saturated carbocycles. The summed E-state index contributed by atoms with van der Waals surface area (Å²) in [6, 6.07) is 53.9. The van der Waals surface area contributed by atoms with Gasteiger partial charge in [0, 0.05) is 6.20 Å². The summed E-state index contributed by atoms with van der Waals surface area (Å²) < 4.78 is 11.6. The van der Waals surface area contributed by atoms with Crippen LogP contribution < -0.4 is 44.3 Å². The summed E-state index contributed by atoms with van der Waals surface area (Å²) in [5, 5.41) is 11.7. The molecule has 14 aromatic heterocycles. The number of rotatable bonds is 14. The van der Waals surface area contributed by atoms with E-state index in [4.69, 9.17) is 31.4 Å². The summed E-state index contributed by atoms with van der Waals surface area (Å²) in [7, 11) is 0. The van der Waals surface area contributed by atoms with Gasteiger partial charge in [0.25, 0.3) is 22.2 Å². The van der Waals surface area contributed by atoms with E-state index in [1.807, 2.05) is 237 Å². The number of para-hydroxylation sites is 4. The van der Waals surface area contributed by atoms with Gasteiger partial charge in [0.2, 0.25) is 0 Å². The van der Waals surface area contributed by atoms with Crippen molar-refractivity contribution in [2.24, 2.45) is 0 Å². The van der Waals surface area contributed by atoms with E-state index in [-0.39, 0.29) is 46.4 Å². The van der Waals surface area contributed by atoms with Gasteiger partial charge in [0.15, 0.2) is 40.2 Å². The number of aromatic amines is 2. The smallest absolute Gasteiger partial charge is 0.276 e. The minimum atomic E-state index is -0.331. The van der Waals surface area contributed by atoms with Gasteiger partial charge in [-0.15, -0.1) is 22.7 Å². The summed E-state index contributed by atoms with van der Waals surface area (Å²) in [4.78, 5) is 126. The molecule has 0 spiro atoms. The third-order valence-corrected chi connectivity index (χ3v) is 21.5. The molecule has 4 unspecified atom stereocenters. The van der Waals surface area contributed by atoms with E-state index in [0.29, 0.717) is 122 Å². The lowest BCUT2D eigenvalue weighted by Crippen LogP contribution is -2.27. The molecule has 0 bridgehead atoms. The van der Waals surface area contributed by atoms with Crippen molar-refractivity contribution >= 4 is 133 Å². The fourth-order valence-electron chi connectivity index (χ4n) is 14.1. The molecule has 8 N–H and O–H groups in total. The Kier molecular flexibility index (Phi) is 19.7. The molecule has 572 valence electrons. The van der Waals surface area contributed by atoms with Crippen molar-refractivity contribution in [2.75, 3.05) is 22.1 Å². The van der Waals surface area contributed by atoms with Crippen LogP contribution in [0.5, 0.6) is 0 Å². The van der Waals surface area contributed by atoms with E-state index in [1.54, 1.807) is 49.8 Å². The lowest BCUT2D eigenvalue weighted by Gasteiger charge is -2.20. The summed E-state index contributed by atoms with van der Waals surface area (Å²) in [6.45, 7) is 11.7. The van der Waals surface area contributed by atoms with Gasteiger partial charge in [-0.1, -0.05) is 97.1 Å². The van der Waals surface area contributed by atoms with Crippen LogP contribution in [0, 0.1) is 13.8 Å². The van der Waals surface area contributed by atoms with Crippen molar-refractivity contribution in [3.63, 3.8) is 0 Å². The normalized spacial score (nSPS) is 12.5. The van der Waals surface area contributed by atoms with E-state index >= 15 is 0 Å². The number of aromatic nitrogens is 23. The molecule has 0 fully saturated rings. The molecule has 6 aromatic carbocycles. The van der Waals surface area contributed by atoms with Crippen LogP contribution in [-0.4, -0.2) is 112 Å². The Balaban J connectivity index is 0.000000111. The Morgan fingerprint density at radius 1 is 0.388 bits per heavy atom. The van der Waals surface area contributed by atoms with Crippen molar-refractivity contribution < 1.29 is 0 Å². The van der Waals surface area contributed by atoms with Crippen molar-refractivity contribution in [1.29, 1.82) is 0 Å². The van der Waals surface area contributed by atoms with Crippen molar-refractivity contribution in [2.45, 2.75) is 65.7 Å². The van der Waals surface area contributed by atoms with Gasteiger partial charge in [-0.25, -0.2) is 74.8 Å². The zero-order valence-corrected chi connectivity index (χ0v) is 64.5. The number of H-pyrrole nitrogens is 2. The molecule has 20 aromatic rings. The standard InChI is InChI=1S/2C22H19N7O.C20H16N6OS.C19H15N7OS/c1-13-7-6-10-16-17(13)22(30)29(15-8-4-3-5-9-15)21(28-16)14(2)27-20-18-19(24-11-23-18)25-12-26-20;1-13-7-6-10-16-17(13)22(30)29(15-8-4-3-5-9-15)20(27-16)14(2)28-12-26-18-19(23)24-11-25-21(18)28;1-12(24-18-16-14(7-9-21-18)22-11-23-16)19-25-15-8-10-28-17(15)20(27)26(19)13-5-3-2-4-6-13;1-11(25-10-23-14-16(20)21-9-22-18(14)25)17-24-13-7-8-28-15(13)19(27)26(17)12-5-3-2-4-6-12/h3-12,14H,1-2H3,(H2,23,24,25,26,27);3-12,14H,1-2H3,(H2,23,24,25);2-12H,1H3,(H,21,24)(H,22,23);2-11H,1H3,(H2,20,21,22). The predicted molar refractivity (Wildman–Crippen MR) is 451 cm³/mol. The monoisotopic (exact) mass is 1570 g/mol. The number of benzene rings is 6. The van der Waals surface area contributed by atoms with Crippen molar-refractivity contribution in [1.82, 2.24) is 112 Å². The highest BCUT2D eigenvalue weighted by atomic mass is 32.1. The second-order valence-corrected chi connectivity index (χ2v) is 28.9. The molecule has 116 heavy (non-hydrogen) atoms. The third kappa shape index (κ3) is 13.7. The quantitative estimate of drug-likeness (QED) is 0.0589. The van der Waals surface area contributed by atoms with Gasteiger partial charge >= 0.3 is 0 Å². The molecule has 0 amide bonds. The Labute approximate surface area is 664 Å². The Morgan fingerprint density at radius 3 is 1.31 bits per heavy atom. The van der Waals surface area contributed by atoms with E-state index < -0.39 is 0 Å². The molecule has 0 radical (unpaired) electrons. The first-order valence-electron chi connectivity index (χ1n) is 36.6. The average molecular weight is 1570 g/mol. The highest BCUT2D eigenvalue weighted by molar-refractivity contribution is 7.17. The number of nitrogens with zero attached hydrogens (tertiary/aromatic N) is 21. The van der Waals surface area contributed by atoms with Crippen LogP contribution in [0.1, 0.15) is 86.3 Å². The molecule has 31 nitrogen and oxygen atoms in total. The molecule has 0 aliphatic rings. The van der Waals surface area contributed by atoms with Gasteiger partial charge in [0.05, 0.1) is 111 Å². The van der Waals surface area contributed by atoms with Crippen LogP contribution in [0.15, 0.2) is 256 Å². The molecular weight excluding hydrogens is 1500 g/mol. The second-order valence-electron chi connectivity index (χ2n) is 27.0. The Morgan fingerprint density at radius 2 is 0.810 bits per heavy atom. The summed E-state index contributed by atoms with van der Waals surface area (Å²) in [5.74, 6) is 4.27. The van der Waals surface area contributed by atoms with Crippen LogP contribution in [0.2, 0.25) is 0 Å². The van der Waals surface area contributed by atoms with Gasteiger partial charge in [-0.2, -0.15) is 0 Å². The number of imidazole rings is 4. The number of hydrogen-bond acceptors (Lipinski definition) is 25. The first kappa shape index (κ1) is 73.5. The van der Waals surface area contributed by atoms with Gasteiger partial charge in [0.1, 0.15) is 73.7 Å². The van der Waals surface area contributed by atoms with Gasteiger partial charge < -0.3 is 41.2 Å². The molecule has 0 saturated heterocycles. The maximum absolute atomic E-state index is 13.6. The summed E-state index contributed by atoms with van der Waals surface area (Å²) in [5.41, 5.74) is 24.2. The topological polar surface area (TPSA) is 399 Å². The summed E-state index contributed by atoms with van der Waals surface area (Å²) in [6.07, 6.45) is 12.5. The number of anilines is 4. The minimum Gasteiger partial charge on any atom is -0.382 e. The molecule has 0 aliphatic heterocycles. The zero-order valence-electron chi connectivity index (χ0n) is 62.8. The number of hydrogen-bond donors (Lipinski definition) is 6. The largest absolute Gasteiger partial charge is 0.382 e. The van der Waals surface area contributed by atoms with E-state index in [1.165, 1.54) is 41.7 Å². The SMILES string of the molecule is CC(Nc1nccc2[nH]cnc12)c1nc2ccsc2c(=O)n1-c1ccccc1.CC(c1nc2ccsc2c(=O)n1-c1ccccc1)n1cnc2c(N)ncnc21.Cc1cccc2nc(C(C)Nc3ncnc4nc[nH]c34)n(-c3ccccc3)c(=O)c12.Cc1cccc2nc(C(C)n3cnc4c(N)ncnc43)n(-c3ccccc3)c(=O)c12. The Bertz CT molecular complexity index is 7320. The van der Waals surface area contributed by atoms with E-state index in [2.05, 4.69) is 75.4 Å². The van der Waals surface area contributed by atoms with Crippen molar-refractivity contribution in [3.8, 4) is 22.7 Å². The maximum Gasteiger partial charge on any atom is 0.276 e. The lowest BCUT2D eigenvalue weighted by atomic mass is 10.1. The number of nitrogens with one attached hydrogen (secondary N) is 4. The van der Waals surface area contributed by atoms with Crippen LogP contribution in [0.25, 0.3) is 110 Å². The molecule has 33 heteroatoms. The summed E-state index contributed by atoms with van der Waals surface area (Å²) >= 11 is 2.80. The second kappa shape index (κ2) is 31.1. The molecule has 20 rings (SSSR count). The number of aryl methyl sites for hydroxylation is 2. The molecule has 4 atom stereocenters. The van der Waals surface area contributed by atoms with E-state index in [9.17, 15) is 19.2 Å². The fraction of sp³-hybridized carbons (Fsp3) is 0.120. The first-order chi connectivity index (χ1) is 56.6. The number of thiophene rings is 2. The zero-order chi connectivity index (χ0) is 79.8. The molecular formula is C83H69N27O4S2. The number of fused-ring (bicyclic) bond motifs is 8. The maximum atomic E-state index is 13.6. The van der Waals surface area contributed by atoms with Gasteiger partial charge in [-0.3, -0.25) is 37.4 Å². The highest BCUT2D eigenvalue weighted by Gasteiger charge is 2.27. The van der Waals surface area contributed by atoms with Crippen LogP contribution >= 0.6 is 22.7 Å². The number of nitrogens with two attached hydrogens (primary N) is 2. The molecule has 0 aliphatic carbocycles. The average Bonchev–Trinajstić information content (AvgIpc) is 1.36. The lowest BCUT2D eigenvalue weighted by molar-refractivity contribution is 0.590. The number of nitrogen functional groups attached to an aromatic ring is 2. The van der Waals surface area contributed by atoms with Crippen molar-refractivity contribution in [3.05, 3.63) is 313 Å². The third-order valence-electron chi connectivity index (χ3n) is 19.7. The fourth-order valence-corrected chi connectivity index (χ4v) is 15.6. The van der Waals surface area contributed by atoms with Gasteiger partial charge in [-0.05, 0) is 142 Å². The number of pyridine rings is 1. The van der Waals surface area contributed by atoms with E-state index in [0.717, 1.165) is 44.9 Å².